The number of halogens is 2. The predicted octanol–water partition coefficient (Wildman–Crippen LogP) is 4.34. The van der Waals surface area contributed by atoms with Crippen LogP contribution >= 0.6 is 11.6 Å². The highest BCUT2D eigenvalue weighted by molar-refractivity contribution is 6.39. The van der Waals surface area contributed by atoms with Crippen molar-refractivity contribution in [2.45, 2.75) is 13.8 Å². The van der Waals surface area contributed by atoms with Crippen LogP contribution in [0.25, 0.3) is 11.8 Å². The number of ether oxygens (including phenoxy) is 1. The van der Waals surface area contributed by atoms with Gasteiger partial charge in [0.1, 0.15) is 11.4 Å². The SMILES string of the molecule is COC(=O)c1ccc(-n2c(C)cc(/C=C3\C(=O)NC(=O)N(c4ccc(F)cc4)C3=O)c2C)cc1Cl. The third-order valence-electron chi connectivity index (χ3n) is 5.57. The minimum Gasteiger partial charge on any atom is -0.465 e. The Morgan fingerprint density at radius 2 is 1.69 bits per heavy atom. The van der Waals surface area contributed by atoms with Gasteiger partial charge < -0.3 is 9.30 Å². The first-order valence-electron chi connectivity index (χ1n) is 10.4. The van der Waals surface area contributed by atoms with Crippen molar-refractivity contribution in [2.24, 2.45) is 0 Å². The third-order valence-corrected chi connectivity index (χ3v) is 5.89. The molecule has 4 rings (SSSR count). The molecule has 10 heteroatoms. The predicted molar refractivity (Wildman–Crippen MR) is 127 cm³/mol. The van der Waals surface area contributed by atoms with E-state index in [1.165, 1.54) is 25.3 Å². The van der Waals surface area contributed by atoms with E-state index >= 15 is 0 Å². The number of carbonyl (C=O) groups is 4. The number of urea groups is 1. The van der Waals surface area contributed by atoms with Crippen molar-refractivity contribution in [2.75, 3.05) is 12.0 Å². The quantitative estimate of drug-likeness (QED) is 0.330. The van der Waals surface area contributed by atoms with Crippen LogP contribution < -0.4 is 10.2 Å². The summed E-state index contributed by atoms with van der Waals surface area (Å²) in [5, 5.41) is 2.35. The van der Waals surface area contributed by atoms with Gasteiger partial charge in [0.05, 0.1) is 23.4 Å². The van der Waals surface area contributed by atoms with Crippen molar-refractivity contribution in [3.05, 3.63) is 87.5 Å². The number of esters is 1. The molecule has 2 heterocycles. The van der Waals surface area contributed by atoms with Crippen molar-refractivity contribution in [3.8, 4) is 5.69 Å². The number of nitrogens with one attached hydrogen (secondary N) is 1. The number of nitrogens with zero attached hydrogens (tertiary/aromatic N) is 2. The van der Waals surface area contributed by atoms with Crippen LogP contribution in [0.1, 0.15) is 27.3 Å². The molecule has 35 heavy (non-hydrogen) atoms. The zero-order chi connectivity index (χ0) is 25.4. The number of hydrogen-bond acceptors (Lipinski definition) is 5. The molecule has 0 spiro atoms. The first-order valence-corrected chi connectivity index (χ1v) is 10.7. The molecule has 1 N–H and O–H groups in total. The molecule has 1 aliphatic heterocycles. The molecule has 0 bridgehead atoms. The lowest BCUT2D eigenvalue weighted by Crippen LogP contribution is -2.54. The number of aromatic nitrogens is 1. The van der Waals surface area contributed by atoms with E-state index in [1.54, 1.807) is 31.2 Å². The van der Waals surface area contributed by atoms with Crippen molar-refractivity contribution < 1.29 is 28.3 Å². The molecule has 1 aromatic heterocycles. The summed E-state index contributed by atoms with van der Waals surface area (Å²) in [6, 6.07) is 10.5. The number of anilines is 1. The molecule has 3 aromatic rings. The third kappa shape index (κ3) is 4.33. The Morgan fingerprint density at radius 1 is 1.03 bits per heavy atom. The lowest BCUT2D eigenvalue weighted by atomic mass is 10.1. The van der Waals surface area contributed by atoms with Gasteiger partial charge >= 0.3 is 12.0 Å². The maximum atomic E-state index is 13.3. The highest BCUT2D eigenvalue weighted by Gasteiger charge is 2.37. The summed E-state index contributed by atoms with van der Waals surface area (Å²) in [6.07, 6.45) is 1.39. The van der Waals surface area contributed by atoms with Gasteiger partial charge in [-0.15, -0.1) is 0 Å². The summed E-state index contributed by atoms with van der Waals surface area (Å²) >= 11 is 6.27. The number of barbiturate groups is 1. The van der Waals surface area contributed by atoms with Crippen LogP contribution in [-0.4, -0.2) is 35.5 Å². The Labute approximate surface area is 204 Å². The van der Waals surface area contributed by atoms with Crippen LogP contribution in [0.5, 0.6) is 0 Å². The van der Waals surface area contributed by atoms with E-state index in [1.807, 2.05) is 11.5 Å². The Kier molecular flexibility index (Phi) is 6.27. The molecular formula is C25H19ClFN3O5. The van der Waals surface area contributed by atoms with Crippen molar-refractivity contribution in [1.29, 1.82) is 0 Å². The van der Waals surface area contributed by atoms with Crippen LogP contribution in [0.3, 0.4) is 0 Å². The lowest BCUT2D eigenvalue weighted by Gasteiger charge is -2.26. The van der Waals surface area contributed by atoms with Gasteiger partial charge in [0.25, 0.3) is 11.8 Å². The minimum atomic E-state index is -0.922. The van der Waals surface area contributed by atoms with Crippen molar-refractivity contribution in [1.82, 2.24) is 9.88 Å². The number of methoxy groups -OCH3 is 1. The van der Waals surface area contributed by atoms with Gasteiger partial charge in [0.15, 0.2) is 0 Å². The summed E-state index contributed by atoms with van der Waals surface area (Å²) in [7, 11) is 1.26. The molecule has 0 atom stereocenters. The molecule has 2 aromatic carbocycles. The van der Waals surface area contributed by atoms with E-state index in [9.17, 15) is 23.6 Å². The molecule has 1 aliphatic rings. The van der Waals surface area contributed by atoms with Crippen LogP contribution in [0, 0.1) is 19.7 Å². The van der Waals surface area contributed by atoms with Crippen LogP contribution in [0.4, 0.5) is 14.9 Å². The molecule has 0 unspecified atom stereocenters. The Hall–Kier alpha value is -4.24. The number of hydrogen-bond donors (Lipinski definition) is 1. The van der Waals surface area contributed by atoms with Gasteiger partial charge in [0.2, 0.25) is 0 Å². The van der Waals surface area contributed by atoms with E-state index in [2.05, 4.69) is 5.32 Å². The smallest absolute Gasteiger partial charge is 0.339 e. The van der Waals surface area contributed by atoms with Gasteiger partial charge in [-0.2, -0.15) is 0 Å². The molecule has 0 radical (unpaired) electrons. The first-order chi connectivity index (χ1) is 16.6. The monoisotopic (exact) mass is 495 g/mol. The van der Waals surface area contributed by atoms with Crippen LogP contribution in [0.15, 0.2) is 54.1 Å². The van der Waals surface area contributed by atoms with E-state index in [-0.39, 0.29) is 21.8 Å². The number of aryl methyl sites for hydroxylation is 1. The minimum absolute atomic E-state index is 0.123. The number of rotatable bonds is 4. The van der Waals surface area contributed by atoms with Gasteiger partial charge in [-0.3, -0.25) is 14.9 Å². The number of benzene rings is 2. The zero-order valence-corrected chi connectivity index (χ0v) is 19.6. The second kappa shape index (κ2) is 9.19. The number of amides is 4. The standard InChI is InChI=1S/C25H19ClFN3O5/c1-13-10-15(14(2)29(13)18-8-9-19(21(26)12-18)24(33)35-3)11-20-22(31)28-25(34)30(23(20)32)17-6-4-16(27)5-7-17/h4-12H,1-3H3,(H,28,31,34)/b20-11+. The maximum absolute atomic E-state index is 13.3. The van der Waals surface area contributed by atoms with E-state index in [4.69, 9.17) is 16.3 Å². The lowest BCUT2D eigenvalue weighted by molar-refractivity contribution is -0.122. The summed E-state index contributed by atoms with van der Waals surface area (Å²) in [4.78, 5) is 50.6. The maximum Gasteiger partial charge on any atom is 0.339 e. The fourth-order valence-corrected chi connectivity index (χ4v) is 4.14. The Bertz CT molecular complexity index is 1430. The highest BCUT2D eigenvalue weighted by atomic mass is 35.5. The second-order valence-corrected chi connectivity index (χ2v) is 8.16. The highest BCUT2D eigenvalue weighted by Crippen LogP contribution is 2.28. The molecule has 0 aliphatic carbocycles. The normalized spacial score (nSPS) is 14.9. The van der Waals surface area contributed by atoms with E-state index < -0.39 is 29.6 Å². The second-order valence-electron chi connectivity index (χ2n) is 7.75. The molecule has 1 saturated heterocycles. The van der Waals surface area contributed by atoms with Gasteiger partial charge in [-0.05, 0) is 74.0 Å². The van der Waals surface area contributed by atoms with Crippen LogP contribution in [-0.2, 0) is 14.3 Å². The molecule has 1 fully saturated rings. The summed E-state index contributed by atoms with van der Waals surface area (Å²) in [5.41, 5.74) is 2.76. The van der Waals surface area contributed by atoms with E-state index in [0.717, 1.165) is 22.7 Å². The fourth-order valence-electron chi connectivity index (χ4n) is 3.89. The Balaban J connectivity index is 1.74. The summed E-state index contributed by atoms with van der Waals surface area (Å²) in [5.74, 6) is -2.76. The molecule has 178 valence electrons. The van der Waals surface area contributed by atoms with Gasteiger partial charge in [-0.25, -0.2) is 18.9 Å². The average molecular weight is 496 g/mol. The summed E-state index contributed by atoms with van der Waals surface area (Å²) in [6.45, 7) is 3.61. The summed E-state index contributed by atoms with van der Waals surface area (Å²) < 4.78 is 19.9. The van der Waals surface area contributed by atoms with Crippen molar-refractivity contribution in [3.63, 3.8) is 0 Å². The molecule has 8 nitrogen and oxygen atoms in total. The van der Waals surface area contributed by atoms with Gasteiger partial charge in [0, 0.05) is 17.1 Å². The molecule has 0 saturated carbocycles. The van der Waals surface area contributed by atoms with Crippen LogP contribution in [0.2, 0.25) is 5.02 Å². The average Bonchev–Trinajstić information content (AvgIpc) is 3.09. The molecule has 4 amide bonds. The van der Waals surface area contributed by atoms with Gasteiger partial charge in [-0.1, -0.05) is 11.6 Å². The largest absolute Gasteiger partial charge is 0.465 e. The number of imide groups is 2. The number of carbonyl (C=O) groups excluding carboxylic acids is 4. The first kappa shape index (κ1) is 23.9. The zero-order valence-electron chi connectivity index (χ0n) is 18.9. The van der Waals surface area contributed by atoms with Crippen molar-refractivity contribution >= 4 is 47.2 Å². The molecular weight excluding hydrogens is 477 g/mol. The van der Waals surface area contributed by atoms with E-state index in [0.29, 0.717) is 16.9 Å². The topological polar surface area (TPSA) is 97.7 Å². The Morgan fingerprint density at radius 3 is 2.31 bits per heavy atom. The fraction of sp³-hybridized carbons (Fsp3) is 0.120.